The van der Waals surface area contributed by atoms with Crippen LogP contribution in [0.2, 0.25) is 0 Å². The Kier molecular flexibility index (Phi) is 2.26. The van der Waals surface area contributed by atoms with E-state index < -0.39 is 0 Å². The summed E-state index contributed by atoms with van der Waals surface area (Å²) in [7, 11) is 0. The van der Waals surface area contributed by atoms with Crippen molar-refractivity contribution < 1.29 is 0 Å². The first-order valence-electron chi connectivity index (χ1n) is 5.87. The molecule has 1 unspecified atom stereocenters. The first-order chi connectivity index (χ1) is 7.34. The molecule has 15 heavy (non-hydrogen) atoms. The molecular weight excluding hydrogens is 184 g/mol. The third-order valence-corrected chi connectivity index (χ3v) is 3.79. The summed E-state index contributed by atoms with van der Waals surface area (Å²) in [4.78, 5) is 2.62. The highest BCUT2D eigenvalue weighted by molar-refractivity contribution is 5.37. The first-order valence-corrected chi connectivity index (χ1v) is 5.87. The fourth-order valence-corrected chi connectivity index (χ4v) is 2.82. The van der Waals surface area contributed by atoms with Gasteiger partial charge in [-0.15, -0.1) is 0 Å². The Labute approximate surface area is 91.3 Å². The molecule has 0 amide bonds. The van der Waals surface area contributed by atoms with Gasteiger partial charge in [-0.1, -0.05) is 18.2 Å². The van der Waals surface area contributed by atoms with Gasteiger partial charge in [-0.3, -0.25) is 4.90 Å². The lowest BCUT2D eigenvalue weighted by Crippen LogP contribution is -2.32. The van der Waals surface area contributed by atoms with Gasteiger partial charge in [0.15, 0.2) is 0 Å². The van der Waals surface area contributed by atoms with E-state index in [0.717, 1.165) is 19.1 Å². The number of rotatable bonds is 1. The van der Waals surface area contributed by atoms with Crippen molar-refractivity contribution >= 4 is 0 Å². The number of fused-ring (bicyclic) bond motifs is 1. The van der Waals surface area contributed by atoms with E-state index in [-0.39, 0.29) is 0 Å². The van der Waals surface area contributed by atoms with Crippen LogP contribution in [0.5, 0.6) is 0 Å². The molecule has 0 aliphatic carbocycles. The highest BCUT2D eigenvalue weighted by atomic mass is 15.2. The normalized spacial score (nSPS) is 25.8. The number of hydrogen-bond donors (Lipinski definition) is 1. The van der Waals surface area contributed by atoms with E-state index in [4.69, 9.17) is 0 Å². The molecular formula is C13H18N2. The molecule has 3 rings (SSSR count). The second-order valence-corrected chi connectivity index (χ2v) is 4.76. The Hall–Kier alpha value is -0.860. The van der Waals surface area contributed by atoms with Gasteiger partial charge in [0.25, 0.3) is 0 Å². The lowest BCUT2D eigenvalue weighted by Gasteiger charge is -2.22. The summed E-state index contributed by atoms with van der Waals surface area (Å²) >= 11 is 0. The van der Waals surface area contributed by atoms with Crippen LogP contribution in [0.4, 0.5) is 0 Å². The molecule has 0 saturated carbocycles. The molecule has 2 nitrogen and oxygen atoms in total. The lowest BCUT2D eigenvalue weighted by atomic mass is 10.1. The van der Waals surface area contributed by atoms with Crippen LogP contribution < -0.4 is 5.32 Å². The van der Waals surface area contributed by atoms with Crippen molar-refractivity contribution in [2.45, 2.75) is 32.5 Å². The van der Waals surface area contributed by atoms with Crippen molar-refractivity contribution in [3.8, 4) is 0 Å². The molecule has 1 aromatic rings. The highest BCUT2D eigenvalue weighted by Gasteiger charge is 2.28. The molecule has 1 fully saturated rings. The molecule has 80 valence electrons. The molecule has 0 radical (unpaired) electrons. The van der Waals surface area contributed by atoms with Crippen LogP contribution in [0.3, 0.4) is 0 Å². The summed E-state index contributed by atoms with van der Waals surface area (Å²) in [5.41, 5.74) is 4.58. The van der Waals surface area contributed by atoms with Crippen LogP contribution in [-0.2, 0) is 13.1 Å². The van der Waals surface area contributed by atoms with E-state index in [2.05, 4.69) is 35.3 Å². The molecule has 1 saturated heterocycles. The second kappa shape index (κ2) is 3.62. The SMILES string of the molecule is Cc1cccc2c1CN(C1CCNC1)C2. The maximum absolute atomic E-state index is 3.45. The van der Waals surface area contributed by atoms with E-state index >= 15 is 0 Å². The molecule has 1 aromatic carbocycles. The Morgan fingerprint density at radius 1 is 1.33 bits per heavy atom. The molecule has 1 N–H and O–H groups in total. The topological polar surface area (TPSA) is 15.3 Å². The minimum absolute atomic E-state index is 0.761. The first kappa shape index (κ1) is 9.37. The van der Waals surface area contributed by atoms with Crippen LogP contribution in [0.15, 0.2) is 18.2 Å². The molecule has 2 heteroatoms. The summed E-state index contributed by atoms with van der Waals surface area (Å²) in [6, 6.07) is 7.46. The maximum Gasteiger partial charge on any atom is 0.0246 e. The fraction of sp³-hybridized carbons (Fsp3) is 0.538. The van der Waals surface area contributed by atoms with Crippen molar-refractivity contribution in [3.63, 3.8) is 0 Å². The zero-order chi connectivity index (χ0) is 10.3. The van der Waals surface area contributed by atoms with Gasteiger partial charge >= 0.3 is 0 Å². The van der Waals surface area contributed by atoms with Gasteiger partial charge in [-0.2, -0.15) is 0 Å². The average Bonchev–Trinajstić information content (AvgIpc) is 2.86. The van der Waals surface area contributed by atoms with Crippen LogP contribution >= 0.6 is 0 Å². The predicted octanol–water partition coefficient (Wildman–Crippen LogP) is 1.67. The second-order valence-electron chi connectivity index (χ2n) is 4.76. The molecule has 2 heterocycles. The summed E-state index contributed by atoms with van der Waals surface area (Å²) in [5.74, 6) is 0. The Morgan fingerprint density at radius 2 is 2.27 bits per heavy atom. The van der Waals surface area contributed by atoms with Gasteiger partial charge in [0.1, 0.15) is 0 Å². The standard InChI is InChI=1S/C13H18N2/c1-10-3-2-4-11-8-15(9-13(10)11)12-5-6-14-7-12/h2-4,12,14H,5-9H2,1H3. The van der Waals surface area contributed by atoms with Crippen molar-refractivity contribution in [1.29, 1.82) is 0 Å². The van der Waals surface area contributed by atoms with E-state index in [1.807, 2.05) is 0 Å². The monoisotopic (exact) mass is 202 g/mol. The van der Waals surface area contributed by atoms with E-state index in [9.17, 15) is 0 Å². The minimum atomic E-state index is 0.761. The van der Waals surface area contributed by atoms with E-state index in [0.29, 0.717) is 0 Å². The zero-order valence-corrected chi connectivity index (χ0v) is 9.29. The molecule has 2 aliphatic heterocycles. The molecule has 2 aliphatic rings. The maximum atomic E-state index is 3.45. The smallest absolute Gasteiger partial charge is 0.0246 e. The molecule has 0 aromatic heterocycles. The summed E-state index contributed by atoms with van der Waals surface area (Å²) < 4.78 is 0. The van der Waals surface area contributed by atoms with Crippen molar-refractivity contribution in [2.24, 2.45) is 0 Å². The van der Waals surface area contributed by atoms with Crippen molar-refractivity contribution in [3.05, 3.63) is 34.9 Å². The van der Waals surface area contributed by atoms with Gasteiger partial charge in [-0.25, -0.2) is 0 Å². The highest BCUT2D eigenvalue weighted by Crippen LogP contribution is 2.28. The van der Waals surface area contributed by atoms with Crippen molar-refractivity contribution in [1.82, 2.24) is 10.2 Å². The van der Waals surface area contributed by atoms with Gasteiger partial charge in [-0.05, 0) is 36.6 Å². The van der Waals surface area contributed by atoms with E-state index in [1.54, 1.807) is 11.1 Å². The molecule has 0 spiro atoms. The van der Waals surface area contributed by atoms with E-state index in [1.165, 1.54) is 25.1 Å². The van der Waals surface area contributed by atoms with Gasteiger partial charge in [0, 0.05) is 25.7 Å². The number of aryl methyl sites for hydroxylation is 1. The van der Waals surface area contributed by atoms with Crippen molar-refractivity contribution in [2.75, 3.05) is 13.1 Å². The number of nitrogens with one attached hydrogen (secondary N) is 1. The fourth-order valence-electron chi connectivity index (χ4n) is 2.82. The lowest BCUT2D eigenvalue weighted by molar-refractivity contribution is 0.212. The third kappa shape index (κ3) is 1.58. The Morgan fingerprint density at radius 3 is 3.00 bits per heavy atom. The number of benzene rings is 1. The molecule has 0 bridgehead atoms. The number of nitrogens with zero attached hydrogens (tertiary/aromatic N) is 1. The predicted molar refractivity (Wildman–Crippen MR) is 61.7 cm³/mol. The van der Waals surface area contributed by atoms with Gasteiger partial charge < -0.3 is 5.32 Å². The molecule has 1 atom stereocenters. The van der Waals surface area contributed by atoms with Crippen LogP contribution in [0, 0.1) is 6.92 Å². The van der Waals surface area contributed by atoms with Crippen LogP contribution in [-0.4, -0.2) is 24.0 Å². The quantitative estimate of drug-likeness (QED) is 0.745. The average molecular weight is 202 g/mol. The summed E-state index contributed by atoms with van der Waals surface area (Å²) in [5, 5.41) is 3.45. The Balaban J connectivity index is 1.82. The minimum Gasteiger partial charge on any atom is -0.315 e. The zero-order valence-electron chi connectivity index (χ0n) is 9.29. The summed E-state index contributed by atoms with van der Waals surface area (Å²) in [6.45, 7) is 6.91. The van der Waals surface area contributed by atoms with Crippen LogP contribution in [0.1, 0.15) is 23.1 Å². The van der Waals surface area contributed by atoms with Gasteiger partial charge in [0.2, 0.25) is 0 Å². The Bertz CT molecular complexity index is 367. The third-order valence-electron chi connectivity index (χ3n) is 3.79. The van der Waals surface area contributed by atoms with Crippen LogP contribution in [0.25, 0.3) is 0 Å². The van der Waals surface area contributed by atoms with Gasteiger partial charge in [0.05, 0.1) is 0 Å². The number of hydrogen-bond acceptors (Lipinski definition) is 2. The largest absolute Gasteiger partial charge is 0.315 e. The summed E-state index contributed by atoms with van der Waals surface area (Å²) in [6.07, 6.45) is 1.31.